The second-order valence-electron chi connectivity index (χ2n) is 4.13. The molecule has 102 valence electrons. The lowest BCUT2D eigenvalue weighted by molar-refractivity contribution is 0.300. The molecule has 19 heavy (non-hydrogen) atoms. The van der Waals surface area contributed by atoms with Gasteiger partial charge in [-0.25, -0.2) is 4.98 Å². The smallest absolute Gasteiger partial charge is 0.134 e. The van der Waals surface area contributed by atoms with E-state index in [-0.39, 0.29) is 0 Å². The van der Waals surface area contributed by atoms with Gasteiger partial charge in [0, 0.05) is 11.9 Å². The number of benzene rings is 1. The van der Waals surface area contributed by atoms with Gasteiger partial charge in [0.1, 0.15) is 17.4 Å². The lowest BCUT2D eigenvalue weighted by Gasteiger charge is -2.05. The Balaban J connectivity index is 1.85. The van der Waals surface area contributed by atoms with E-state index in [9.17, 15) is 0 Å². The Morgan fingerprint density at radius 1 is 1.37 bits per heavy atom. The molecule has 3 nitrogen and oxygen atoms in total. The highest BCUT2D eigenvalue weighted by molar-refractivity contribution is 9.10. The van der Waals surface area contributed by atoms with Crippen molar-refractivity contribution in [2.24, 2.45) is 0 Å². The number of nitrogens with one attached hydrogen (secondary N) is 1. The summed E-state index contributed by atoms with van der Waals surface area (Å²) in [7, 11) is 0. The first-order chi connectivity index (χ1) is 9.29. The first-order valence-electron chi connectivity index (χ1n) is 6.31. The van der Waals surface area contributed by atoms with Crippen LogP contribution in [0.2, 0.25) is 0 Å². The van der Waals surface area contributed by atoms with Crippen LogP contribution in [0.25, 0.3) is 0 Å². The van der Waals surface area contributed by atoms with Gasteiger partial charge in [-0.15, -0.1) is 11.3 Å². The van der Waals surface area contributed by atoms with Crippen molar-refractivity contribution in [2.45, 2.75) is 26.5 Å². The first-order valence-corrected chi connectivity index (χ1v) is 7.98. The van der Waals surface area contributed by atoms with E-state index in [4.69, 9.17) is 4.74 Å². The number of rotatable bonds is 7. The maximum Gasteiger partial charge on any atom is 0.134 e. The summed E-state index contributed by atoms with van der Waals surface area (Å²) >= 11 is 5.14. The summed E-state index contributed by atoms with van der Waals surface area (Å²) in [5.41, 5.74) is 0.981. The van der Waals surface area contributed by atoms with Gasteiger partial charge in [-0.1, -0.05) is 19.1 Å². The van der Waals surface area contributed by atoms with Crippen molar-refractivity contribution >= 4 is 27.3 Å². The Labute approximate surface area is 126 Å². The van der Waals surface area contributed by atoms with Crippen LogP contribution in [0.3, 0.4) is 0 Å². The molecular weight excluding hydrogens is 324 g/mol. The van der Waals surface area contributed by atoms with E-state index in [0.29, 0.717) is 6.61 Å². The largest absolute Gasteiger partial charge is 0.486 e. The highest BCUT2D eigenvalue weighted by Gasteiger charge is 2.04. The van der Waals surface area contributed by atoms with Gasteiger partial charge in [0.15, 0.2) is 0 Å². The van der Waals surface area contributed by atoms with Crippen LogP contribution in [-0.4, -0.2) is 11.5 Å². The van der Waals surface area contributed by atoms with Gasteiger partial charge in [0.2, 0.25) is 0 Å². The Bertz CT molecular complexity index is 516. The van der Waals surface area contributed by atoms with Crippen LogP contribution in [0.4, 0.5) is 0 Å². The summed E-state index contributed by atoms with van der Waals surface area (Å²) in [6.45, 7) is 4.54. The molecule has 0 atom stereocenters. The van der Waals surface area contributed by atoms with Crippen molar-refractivity contribution in [1.29, 1.82) is 0 Å². The first kappa shape index (κ1) is 14.5. The third-order valence-electron chi connectivity index (χ3n) is 2.51. The molecule has 0 aliphatic carbocycles. The number of thiazole rings is 1. The maximum absolute atomic E-state index is 5.74. The van der Waals surface area contributed by atoms with Gasteiger partial charge in [0.25, 0.3) is 0 Å². The van der Waals surface area contributed by atoms with E-state index in [1.807, 2.05) is 24.3 Å². The molecular formula is C14H17BrN2OS. The van der Waals surface area contributed by atoms with Crippen molar-refractivity contribution in [2.75, 3.05) is 6.54 Å². The summed E-state index contributed by atoms with van der Waals surface area (Å²) < 4.78 is 6.71. The highest BCUT2D eigenvalue weighted by atomic mass is 79.9. The Morgan fingerprint density at radius 2 is 2.21 bits per heavy atom. The molecule has 0 saturated heterocycles. The molecule has 2 aromatic rings. The third kappa shape index (κ3) is 4.60. The van der Waals surface area contributed by atoms with Crippen LogP contribution >= 0.6 is 27.3 Å². The topological polar surface area (TPSA) is 34.2 Å². The van der Waals surface area contributed by atoms with Crippen molar-refractivity contribution < 1.29 is 4.74 Å². The summed E-state index contributed by atoms with van der Waals surface area (Å²) in [5, 5.41) is 6.51. The molecule has 0 saturated carbocycles. The van der Waals surface area contributed by atoms with E-state index >= 15 is 0 Å². The van der Waals surface area contributed by atoms with E-state index in [2.05, 4.69) is 38.5 Å². The van der Waals surface area contributed by atoms with Crippen LogP contribution in [0.15, 0.2) is 34.1 Å². The molecule has 0 radical (unpaired) electrons. The van der Waals surface area contributed by atoms with E-state index in [0.717, 1.165) is 40.4 Å². The van der Waals surface area contributed by atoms with Crippen LogP contribution in [0, 0.1) is 0 Å². The Morgan fingerprint density at radius 3 is 3.00 bits per heavy atom. The Hall–Kier alpha value is -0.910. The molecule has 0 fully saturated rings. The van der Waals surface area contributed by atoms with Crippen LogP contribution in [-0.2, 0) is 13.2 Å². The lowest BCUT2D eigenvalue weighted by atomic mass is 10.3. The zero-order valence-electron chi connectivity index (χ0n) is 10.9. The van der Waals surface area contributed by atoms with Gasteiger partial charge in [-0.3, -0.25) is 0 Å². The normalized spacial score (nSPS) is 10.6. The number of halogens is 1. The van der Waals surface area contributed by atoms with E-state index < -0.39 is 0 Å². The van der Waals surface area contributed by atoms with Crippen LogP contribution in [0.1, 0.15) is 24.0 Å². The molecule has 5 heteroatoms. The molecule has 1 aromatic heterocycles. The predicted octanol–water partition coefficient (Wildman–Crippen LogP) is 3.98. The molecule has 0 aliphatic heterocycles. The van der Waals surface area contributed by atoms with E-state index in [1.165, 1.54) is 0 Å². The number of ether oxygens (including phenoxy) is 1. The minimum Gasteiger partial charge on any atom is -0.486 e. The number of hydrogen-bond donors (Lipinski definition) is 1. The zero-order valence-corrected chi connectivity index (χ0v) is 13.3. The van der Waals surface area contributed by atoms with Gasteiger partial charge < -0.3 is 10.1 Å². The van der Waals surface area contributed by atoms with Crippen molar-refractivity contribution in [3.8, 4) is 5.75 Å². The molecule has 1 aromatic carbocycles. The van der Waals surface area contributed by atoms with Gasteiger partial charge in [-0.05, 0) is 41.0 Å². The number of hydrogen-bond acceptors (Lipinski definition) is 4. The van der Waals surface area contributed by atoms with Crippen molar-refractivity contribution in [1.82, 2.24) is 10.3 Å². The number of nitrogens with zero attached hydrogens (tertiary/aromatic N) is 1. The average Bonchev–Trinajstić information content (AvgIpc) is 2.86. The van der Waals surface area contributed by atoms with Gasteiger partial charge >= 0.3 is 0 Å². The second-order valence-corrected chi connectivity index (χ2v) is 5.93. The minimum atomic E-state index is 0.507. The summed E-state index contributed by atoms with van der Waals surface area (Å²) in [4.78, 5) is 4.54. The summed E-state index contributed by atoms with van der Waals surface area (Å²) in [5.74, 6) is 0.848. The van der Waals surface area contributed by atoms with Crippen LogP contribution < -0.4 is 10.1 Å². The lowest BCUT2D eigenvalue weighted by Crippen LogP contribution is -2.13. The fraction of sp³-hybridized carbons (Fsp3) is 0.357. The third-order valence-corrected chi connectivity index (χ3v) is 4.07. The summed E-state index contributed by atoms with van der Waals surface area (Å²) in [6, 6.07) is 7.84. The maximum atomic E-state index is 5.74. The van der Waals surface area contributed by atoms with Crippen molar-refractivity contribution in [3.05, 3.63) is 44.8 Å². The minimum absolute atomic E-state index is 0.507. The van der Waals surface area contributed by atoms with Gasteiger partial charge in [-0.2, -0.15) is 0 Å². The molecule has 0 spiro atoms. The molecule has 2 rings (SSSR count). The zero-order chi connectivity index (χ0) is 13.5. The average molecular weight is 341 g/mol. The quantitative estimate of drug-likeness (QED) is 0.774. The molecule has 0 bridgehead atoms. The second kappa shape index (κ2) is 7.62. The SMILES string of the molecule is CCCNCc1nc(COc2ccccc2Br)cs1. The number of aromatic nitrogens is 1. The molecule has 0 unspecified atom stereocenters. The van der Waals surface area contributed by atoms with Crippen LogP contribution in [0.5, 0.6) is 5.75 Å². The molecule has 0 aliphatic rings. The molecule has 0 amide bonds. The molecule has 1 N–H and O–H groups in total. The Kier molecular flexibility index (Phi) is 5.82. The van der Waals surface area contributed by atoms with E-state index in [1.54, 1.807) is 11.3 Å². The van der Waals surface area contributed by atoms with Crippen molar-refractivity contribution in [3.63, 3.8) is 0 Å². The fourth-order valence-electron chi connectivity index (χ4n) is 1.58. The monoisotopic (exact) mass is 340 g/mol. The fourth-order valence-corrected chi connectivity index (χ4v) is 2.73. The highest BCUT2D eigenvalue weighted by Crippen LogP contribution is 2.24. The predicted molar refractivity (Wildman–Crippen MR) is 82.6 cm³/mol. The van der Waals surface area contributed by atoms with Gasteiger partial charge in [0.05, 0.1) is 10.2 Å². The molecule has 1 heterocycles. The number of para-hydroxylation sites is 1. The summed E-state index contributed by atoms with van der Waals surface area (Å²) in [6.07, 6.45) is 1.14. The standard InChI is InChI=1S/C14H17BrN2OS/c1-2-7-16-8-14-17-11(10-19-14)9-18-13-6-4-3-5-12(13)15/h3-6,10,16H,2,7-9H2,1H3.